The molecule has 3 heterocycles. The summed E-state index contributed by atoms with van der Waals surface area (Å²) in [7, 11) is 0. The molecule has 1 saturated heterocycles. The van der Waals surface area contributed by atoms with Gasteiger partial charge in [-0.2, -0.15) is 5.10 Å². The van der Waals surface area contributed by atoms with Crippen LogP contribution in [-0.2, 0) is 0 Å². The van der Waals surface area contributed by atoms with Crippen LogP contribution in [0.4, 0.5) is 5.82 Å². The van der Waals surface area contributed by atoms with E-state index in [4.69, 9.17) is 0 Å². The lowest BCUT2D eigenvalue weighted by Gasteiger charge is -2.37. The highest BCUT2D eigenvalue weighted by molar-refractivity contribution is 9.10. The van der Waals surface area contributed by atoms with E-state index in [-0.39, 0.29) is 0 Å². The Kier molecular flexibility index (Phi) is 3.48. The smallest absolute Gasteiger partial charge is 0.157 e. The van der Waals surface area contributed by atoms with Crippen LogP contribution in [0.25, 0.3) is 5.52 Å². The van der Waals surface area contributed by atoms with E-state index in [2.05, 4.69) is 56.6 Å². The van der Waals surface area contributed by atoms with Crippen molar-refractivity contribution in [3.05, 3.63) is 35.2 Å². The third kappa shape index (κ3) is 2.26. The summed E-state index contributed by atoms with van der Waals surface area (Å²) in [6.45, 7) is 7.29. The van der Waals surface area contributed by atoms with E-state index in [1.54, 1.807) is 6.33 Å². The molecule has 1 aliphatic carbocycles. The molecule has 0 aromatic carbocycles. The summed E-state index contributed by atoms with van der Waals surface area (Å²) in [4.78, 5) is 7.12. The maximum atomic E-state index is 4.66. The number of hydrogen-bond acceptors (Lipinski definition) is 3. The van der Waals surface area contributed by atoms with Crippen LogP contribution in [0.2, 0.25) is 0 Å². The van der Waals surface area contributed by atoms with Crippen molar-refractivity contribution >= 4 is 27.3 Å². The van der Waals surface area contributed by atoms with Gasteiger partial charge in [-0.05, 0) is 72.0 Å². The summed E-state index contributed by atoms with van der Waals surface area (Å²) in [5.74, 6) is 2.41. The molecule has 0 amide bonds. The first-order valence-electron chi connectivity index (χ1n) is 8.10. The van der Waals surface area contributed by atoms with Crippen molar-refractivity contribution in [3.8, 4) is 0 Å². The first-order valence-corrected chi connectivity index (χ1v) is 8.89. The van der Waals surface area contributed by atoms with Crippen molar-refractivity contribution in [1.82, 2.24) is 14.6 Å². The van der Waals surface area contributed by atoms with Crippen LogP contribution >= 0.6 is 15.9 Å². The van der Waals surface area contributed by atoms with Gasteiger partial charge in [-0.25, -0.2) is 9.50 Å². The van der Waals surface area contributed by atoms with E-state index in [0.717, 1.165) is 29.8 Å². The van der Waals surface area contributed by atoms with Crippen LogP contribution in [0.5, 0.6) is 0 Å². The number of rotatable bonds is 3. The van der Waals surface area contributed by atoms with E-state index in [1.807, 2.05) is 4.52 Å². The number of aromatic nitrogens is 3. The molecular formula is C17H21BrN4. The van der Waals surface area contributed by atoms with Gasteiger partial charge in [0.05, 0.1) is 0 Å². The number of piperidine rings is 1. The van der Waals surface area contributed by atoms with E-state index in [0.29, 0.717) is 17.9 Å². The van der Waals surface area contributed by atoms with Gasteiger partial charge in [0.2, 0.25) is 0 Å². The average molecular weight is 361 g/mol. The third-order valence-corrected chi connectivity index (χ3v) is 5.63. The Labute approximate surface area is 139 Å². The molecule has 5 heteroatoms. The van der Waals surface area contributed by atoms with E-state index >= 15 is 0 Å². The normalized spacial score (nSPS) is 25.6. The fraction of sp³-hybridized carbons (Fsp3) is 0.529. The summed E-state index contributed by atoms with van der Waals surface area (Å²) in [5, 5.41) is 4.44. The minimum absolute atomic E-state index is 0.483. The average Bonchev–Trinajstić information content (AvgIpc) is 3.32. The van der Waals surface area contributed by atoms with Gasteiger partial charge in [0, 0.05) is 12.6 Å². The largest absolute Gasteiger partial charge is 0.352 e. The van der Waals surface area contributed by atoms with Crippen LogP contribution < -0.4 is 4.90 Å². The molecule has 1 aliphatic heterocycles. The summed E-state index contributed by atoms with van der Waals surface area (Å²) in [6, 6.07) is 2.71. The number of nitrogens with zero attached hydrogens (tertiary/aromatic N) is 4. The number of hydrogen-bond donors (Lipinski definition) is 0. The van der Waals surface area contributed by atoms with E-state index in [9.17, 15) is 0 Å². The lowest BCUT2D eigenvalue weighted by Crippen LogP contribution is -2.41. The molecule has 0 spiro atoms. The monoisotopic (exact) mass is 360 g/mol. The molecule has 2 unspecified atom stereocenters. The molecule has 0 radical (unpaired) electrons. The second-order valence-electron chi connectivity index (χ2n) is 6.60. The first-order chi connectivity index (χ1) is 10.7. The Bertz CT molecular complexity index is 719. The lowest BCUT2D eigenvalue weighted by molar-refractivity contribution is 0.407. The van der Waals surface area contributed by atoms with Crippen LogP contribution in [-0.4, -0.2) is 27.2 Å². The molecule has 0 N–H and O–H groups in total. The Morgan fingerprint density at radius 3 is 2.86 bits per heavy atom. The van der Waals surface area contributed by atoms with Crippen LogP contribution in [0.3, 0.4) is 0 Å². The molecular weight excluding hydrogens is 340 g/mol. The van der Waals surface area contributed by atoms with Crippen LogP contribution in [0, 0.1) is 5.92 Å². The van der Waals surface area contributed by atoms with Crippen LogP contribution in [0.15, 0.2) is 29.7 Å². The zero-order valence-electron chi connectivity index (χ0n) is 12.9. The minimum atomic E-state index is 0.483. The Balaban J connectivity index is 1.80. The molecule has 1 saturated carbocycles. The maximum Gasteiger partial charge on any atom is 0.157 e. The standard InChI is InChI=1S/C17H21BrN4/c1-3-12-6-7-21(11(2)8-12)17-16-14(13-4-5-13)9-15(18)22(16)20-10-19-17/h3,9-13H,1,4-8H2,2H3. The highest BCUT2D eigenvalue weighted by Crippen LogP contribution is 2.45. The fourth-order valence-corrected chi connectivity index (χ4v) is 4.19. The van der Waals surface area contributed by atoms with Gasteiger partial charge in [-0.3, -0.25) is 0 Å². The van der Waals surface area contributed by atoms with Gasteiger partial charge in [0.1, 0.15) is 16.4 Å². The molecule has 4 nitrogen and oxygen atoms in total. The quantitative estimate of drug-likeness (QED) is 0.770. The first kappa shape index (κ1) is 14.2. The summed E-state index contributed by atoms with van der Waals surface area (Å²) >= 11 is 3.65. The fourth-order valence-electron chi connectivity index (χ4n) is 3.67. The predicted molar refractivity (Wildman–Crippen MR) is 92.4 cm³/mol. The summed E-state index contributed by atoms with van der Waals surface area (Å²) < 4.78 is 3.03. The number of fused-ring (bicyclic) bond motifs is 1. The molecule has 2 atom stereocenters. The molecule has 2 aromatic heterocycles. The van der Waals surface area contributed by atoms with Crippen molar-refractivity contribution in [2.75, 3.05) is 11.4 Å². The molecule has 116 valence electrons. The molecule has 2 aromatic rings. The van der Waals surface area contributed by atoms with E-state index in [1.165, 1.54) is 23.9 Å². The molecule has 22 heavy (non-hydrogen) atoms. The molecule has 4 rings (SSSR count). The van der Waals surface area contributed by atoms with Gasteiger partial charge in [0.15, 0.2) is 5.82 Å². The third-order valence-electron chi connectivity index (χ3n) is 5.06. The predicted octanol–water partition coefficient (Wildman–Crippen LogP) is 4.16. The van der Waals surface area contributed by atoms with E-state index < -0.39 is 0 Å². The van der Waals surface area contributed by atoms with Gasteiger partial charge >= 0.3 is 0 Å². The Morgan fingerprint density at radius 2 is 2.18 bits per heavy atom. The maximum absolute atomic E-state index is 4.66. The van der Waals surface area contributed by atoms with Gasteiger partial charge in [-0.1, -0.05) is 6.08 Å². The van der Waals surface area contributed by atoms with Gasteiger partial charge < -0.3 is 4.90 Å². The zero-order valence-corrected chi connectivity index (χ0v) is 14.5. The van der Waals surface area contributed by atoms with Crippen molar-refractivity contribution < 1.29 is 0 Å². The van der Waals surface area contributed by atoms with Crippen molar-refractivity contribution in [3.63, 3.8) is 0 Å². The SMILES string of the molecule is C=CC1CCN(c2ncnn3c(Br)cc(C4CC4)c23)C(C)C1. The lowest BCUT2D eigenvalue weighted by atomic mass is 9.91. The molecule has 2 fully saturated rings. The Morgan fingerprint density at radius 1 is 1.36 bits per heavy atom. The second-order valence-corrected chi connectivity index (χ2v) is 7.42. The van der Waals surface area contributed by atoms with Crippen molar-refractivity contribution in [2.24, 2.45) is 5.92 Å². The highest BCUT2D eigenvalue weighted by atomic mass is 79.9. The van der Waals surface area contributed by atoms with Gasteiger partial charge in [-0.15, -0.1) is 6.58 Å². The molecule has 2 aliphatic rings. The number of allylic oxidation sites excluding steroid dienone is 1. The zero-order chi connectivity index (χ0) is 15.3. The summed E-state index contributed by atoms with van der Waals surface area (Å²) in [5.41, 5.74) is 2.60. The summed E-state index contributed by atoms with van der Waals surface area (Å²) in [6.07, 6.45) is 8.66. The number of halogens is 1. The molecule has 0 bridgehead atoms. The minimum Gasteiger partial charge on any atom is -0.352 e. The Hall–Kier alpha value is -1.36. The van der Waals surface area contributed by atoms with Crippen molar-refractivity contribution in [1.29, 1.82) is 0 Å². The number of anilines is 1. The van der Waals surface area contributed by atoms with Gasteiger partial charge in [0.25, 0.3) is 0 Å². The topological polar surface area (TPSA) is 33.4 Å². The van der Waals surface area contributed by atoms with Crippen LogP contribution in [0.1, 0.15) is 44.1 Å². The van der Waals surface area contributed by atoms with Crippen molar-refractivity contribution in [2.45, 2.75) is 44.6 Å². The second kappa shape index (κ2) is 5.37. The highest BCUT2D eigenvalue weighted by Gasteiger charge is 2.32.